The Balaban J connectivity index is 2.13. The van der Waals surface area contributed by atoms with Gasteiger partial charge in [-0.3, -0.25) is 0 Å². The van der Waals surface area contributed by atoms with E-state index in [2.05, 4.69) is 10.2 Å². The van der Waals surface area contributed by atoms with Crippen molar-refractivity contribution in [2.75, 3.05) is 13.2 Å². The van der Waals surface area contributed by atoms with Crippen molar-refractivity contribution in [1.82, 2.24) is 10.2 Å². The molecule has 2 heterocycles. The fourth-order valence-corrected chi connectivity index (χ4v) is 1.36. The summed E-state index contributed by atoms with van der Waals surface area (Å²) in [4.78, 5) is 10.6. The molecular weight excluding hydrogens is 160 g/mol. The summed E-state index contributed by atoms with van der Waals surface area (Å²) in [6.07, 6.45) is 1.77. The number of nitrogens with one attached hydrogen (secondary N) is 1. The lowest BCUT2D eigenvalue weighted by Crippen LogP contribution is -2.14. The van der Waals surface area contributed by atoms with E-state index >= 15 is 0 Å². The average molecular weight is 170 g/mol. The van der Waals surface area contributed by atoms with Gasteiger partial charge >= 0.3 is 5.76 Å². The number of hydrogen-bond donors (Lipinski definition) is 1. The van der Waals surface area contributed by atoms with Crippen LogP contribution in [0, 0.1) is 0 Å². The van der Waals surface area contributed by atoms with Gasteiger partial charge in [0.25, 0.3) is 0 Å². The molecule has 12 heavy (non-hydrogen) atoms. The largest absolute Gasteiger partial charge is 0.434 e. The molecule has 0 aromatic carbocycles. The topological polar surface area (TPSA) is 68.1 Å². The standard InChI is InChI=1S/C7H10N2O3/c10-7-9-8-6(12-7)5-1-3-11-4-2-5/h5H,1-4H2,(H,9,10). The Morgan fingerprint density at radius 1 is 1.42 bits per heavy atom. The van der Waals surface area contributed by atoms with Crippen LogP contribution in [-0.2, 0) is 4.74 Å². The highest BCUT2D eigenvalue weighted by Gasteiger charge is 2.20. The summed E-state index contributed by atoms with van der Waals surface area (Å²) >= 11 is 0. The number of aromatic nitrogens is 2. The molecule has 5 heteroatoms. The minimum atomic E-state index is -0.475. The Bertz CT molecular complexity index is 298. The SMILES string of the molecule is O=c1[nH]nc(C2CCOCC2)o1. The Kier molecular flexibility index (Phi) is 1.95. The van der Waals surface area contributed by atoms with Gasteiger partial charge in [-0.25, -0.2) is 9.89 Å². The maximum atomic E-state index is 10.6. The first kappa shape index (κ1) is 7.54. The highest BCUT2D eigenvalue weighted by molar-refractivity contribution is 4.89. The van der Waals surface area contributed by atoms with Crippen LogP contribution in [-0.4, -0.2) is 23.4 Å². The zero-order valence-corrected chi connectivity index (χ0v) is 6.58. The van der Waals surface area contributed by atoms with Crippen molar-refractivity contribution in [3.63, 3.8) is 0 Å². The second-order valence-corrected chi connectivity index (χ2v) is 2.84. The van der Waals surface area contributed by atoms with E-state index < -0.39 is 5.76 Å². The van der Waals surface area contributed by atoms with Gasteiger partial charge in [-0.15, -0.1) is 5.10 Å². The summed E-state index contributed by atoms with van der Waals surface area (Å²) in [5.74, 6) is 0.289. The van der Waals surface area contributed by atoms with Gasteiger partial charge in [0.05, 0.1) is 0 Å². The summed E-state index contributed by atoms with van der Waals surface area (Å²) in [5, 5.41) is 6.03. The maximum absolute atomic E-state index is 10.6. The molecule has 0 bridgehead atoms. The molecule has 0 atom stereocenters. The third-order valence-electron chi connectivity index (χ3n) is 2.03. The fraction of sp³-hybridized carbons (Fsp3) is 0.714. The predicted molar refractivity (Wildman–Crippen MR) is 39.9 cm³/mol. The van der Waals surface area contributed by atoms with Gasteiger partial charge in [0.2, 0.25) is 5.89 Å². The second kappa shape index (κ2) is 3.10. The van der Waals surface area contributed by atoms with Gasteiger partial charge in [-0.2, -0.15) is 0 Å². The second-order valence-electron chi connectivity index (χ2n) is 2.84. The number of hydrogen-bond acceptors (Lipinski definition) is 4. The highest BCUT2D eigenvalue weighted by Crippen LogP contribution is 2.23. The highest BCUT2D eigenvalue weighted by atomic mass is 16.5. The Labute approximate surface area is 68.7 Å². The van der Waals surface area contributed by atoms with Crippen molar-refractivity contribution in [2.24, 2.45) is 0 Å². The lowest BCUT2D eigenvalue weighted by molar-refractivity contribution is 0.0791. The lowest BCUT2D eigenvalue weighted by atomic mass is 10.0. The first-order valence-corrected chi connectivity index (χ1v) is 3.99. The van der Waals surface area contributed by atoms with Crippen LogP contribution in [0.4, 0.5) is 0 Å². The van der Waals surface area contributed by atoms with Gasteiger partial charge in [-0.1, -0.05) is 0 Å². The van der Waals surface area contributed by atoms with Gasteiger partial charge in [0.1, 0.15) is 0 Å². The van der Waals surface area contributed by atoms with Gasteiger partial charge in [0, 0.05) is 19.1 Å². The molecule has 0 radical (unpaired) electrons. The Morgan fingerprint density at radius 2 is 2.17 bits per heavy atom. The lowest BCUT2D eigenvalue weighted by Gasteiger charge is -2.17. The van der Waals surface area contributed by atoms with Crippen molar-refractivity contribution in [3.8, 4) is 0 Å². The van der Waals surface area contributed by atoms with Crippen molar-refractivity contribution in [3.05, 3.63) is 16.4 Å². The van der Waals surface area contributed by atoms with Crippen LogP contribution in [0.3, 0.4) is 0 Å². The Morgan fingerprint density at radius 3 is 2.75 bits per heavy atom. The van der Waals surface area contributed by atoms with Crippen LogP contribution in [0.15, 0.2) is 9.21 Å². The van der Waals surface area contributed by atoms with Gasteiger partial charge < -0.3 is 9.15 Å². The smallest absolute Gasteiger partial charge is 0.392 e. The molecule has 0 aliphatic carbocycles. The minimum absolute atomic E-state index is 0.248. The minimum Gasteiger partial charge on any atom is -0.392 e. The molecule has 0 saturated carbocycles. The summed E-state index contributed by atoms with van der Waals surface area (Å²) < 4.78 is 10.0. The molecule has 1 fully saturated rings. The molecule has 1 aliphatic rings. The van der Waals surface area contributed by atoms with E-state index in [-0.39, 0.29) is 5.92 Å². The van der Waals surface area contributed by atoms with Crippen LogP contribution in [0.25, 0.3) is 0 Å². The van der Waals surface area contributed by atoms with E-state index in [0.29, 0.717) is 5.89 Å². The molecule has 2 rings (SSSR count). The Hall–Kier alpha value is -1.10. The molecule has 1 saturated heterocycles. The summed E-state index contributed by atoms with van der Waals surface area (Å²) in [7, 11) is 0. The number of ether oxygens (including phenoxy) is 1. The molecule has 0 unspecified atom stereocenters. The first-order valence-electron chi connectivity index (χ1n) is 3.99. The quantitative estimate of drug-likeness (QED) is 0.656. The van der Waals surface area contributed by atoms with Crippen molar-refractivity contribution in [2.45, 2.75) is 18.8 Å². The van der Waals surface area contributed by atoms with E-state index in [9.17, 15) is 4.79 Å². The third kappa shape index (κ3) is 1.40. The third-order valence-corrected chi connectivity index (χ3v) is 2.03. The van der Waals surface area contributed by atoms with Crippen LogP contribution in [0.1, 0.15) is 24.7 Å². The molecule has 1 N–H and O–H groups in total. The maximum Gasteiger partial charge on any atom is 0.434 e. The van der Waals surface area contributed by atoms with Crippen LogP contribution in [0.2, 0.25) is 0 Å². The summed E-state index contributed by atoms with van der Waals surface area (Å²) in [5.41, 5.74) is 0. The normalized spacial score (nSPS) is 19.7. The van der Waals surface area contributed by atoms with E-state index in [0.717, 1.165) is 26.1 Å². The van der Waals surface area contributed by atoms with E-state index in [1.165, 1.54) is 0 Å². The monoisotopic (exact) mass is 170 g/mol. The van der Waals surface area contributed by atoms with E-state index in [1.54, 1.807) is 0 Å². The molecule has 5 nitrogen and oxygen atoms in total. The molecule has 1 aromatic heterocycles. The van der Waals surface area contributed by atoms with Crippen LogP contribution < -0.4 is 5.76 Å². The molecule has 1 aliphatic heterocycles. The zero-order valence-electron chi connectivity index (χ0n) is 6.58. The first-order chi connectivity index (χ1) is 5.86. The van der Waals surface area contributed by atoms with Gasteiger partial charge in [0.15, 0.2) is 0 Å². The number of aromatic amines is 1. The van der Waals surface area contributed by atoms with Crippen LogP contribution >= 0.6 is 0 Å². The fourth-order valence-electron chi connectivity index (χ4n) is 1.36. The zero-order chi connectivity index (χ0) is 8.39. The number of H-pyrrole nitrogens is 1. The molecule has 66 valence electrons. The summed E-state index contributed by atoms with van der Waals surface area (Å²) in [6.45, 7) is 1.45. The molecule has 0 amide bonds. The average Bonchev–Trinajstić information content (AvgIpc) is 2.54. The molecule has 0 spiro atoms. The summed E-state index contributed by atoms with van der Waals surface area (Å²) in [6, 6.07) is 0. The van der Waals surface area contributed by atoms with E-state index in [4.69, 9.17) is 9.15 Å². The van der Waals surface area contributed by atoms with Crippen molar-refractivity contribution < 1.29 is 9.15 Å². The van der Waals surface area contributed by atoms with Crippen molar-refractivity contribution >= 4 is 0 Å². The van der Waals surface area contributed by atoms with Crippen molar-refractivity contribution in [1.29, 1.82) is 0 Å². The van der Waals surface area contributed by atoms with Crippen LogP contribution in [0.5, 0.6) is 0 Å². The molecular formula is C7H10N2O3. The number of rotatable bonds is 1. The van der Waals surface area contributed by atoms with E-state index in [1.807, 2.05) is 0 Å². The van der Waals surface area contributed by atoms with Gasteiger partial charge in [-0.05, 0) is 12.8 Å². The molecule has 1 aromatic rings. The predicted octanol–water partition coefficient (Wildman–Crippen LogP) is 0.257. The number of nitrogens with zero attached hydrogens (tertiary/aromatic N) is 1.